The Hall–Kier alpha value is -1.20. The smallest absolute Gasteiger partial charge is 0.404 e. The molecule has 1 aliphatic carbocycles. The lowest BCUT2D eigenvalue weighted by Gasteiger charge is -2.20. The number of aliphatic hydroxyl groups is 1. The molecule has 0 spiro atoms. The molecule has 0 unspecified atom stereocenters. The first kappa shape index (κ1) is 13.2. The van der Waals surface area contributed by atoms with Crippen LogP contribution < -0.4 is 5.32 Å². The minimum absolute atomic E-state index is 0.0499. The maximum atomic E-state index is 10.8. The molecule has 5 heteroatoms. The summed E-state index contributed by atoms with van der Waals surface area (Å²) in [4.78, 5) is 10.8. The molecule has 0 saturated carbocycles. The highest BCUT2D eigenvalue weighted by atomic mass is 32.2. The van der Waals surface area contributed by atoms with Gasteiger partial charge in [-0.3, -0.25) is 0 Å². The summed E-state index contributed by atoms with van der Waals surface area (Å²) in [6.45, 7) is 0.163. The number of carbonyl (C=O) groups is 1. The van der Waals surface area contributed by atoms with Crippen molar-refractivity contribution in [2.75, 3.05) is 18.1 Å². The summed E-state index contributed by atoms with van der Waals surface area (Å²) >= 11 is 1.66. The molecule has 1 amide bonds. The number of aliphatic hydroxyl groups excluding tert-OH is 1. The van der Waals surface area contributed by atoms with Crippen molar-refractivity contribution in [1.29, 1.82) is 0 Å². The molecule has 4 nitrogen and oxygen atoms in total. The van der Waals surface area contributed by atoms with Gasteiger partial charge in [-0.1, -0.05) is 24.3 Å². The van der Waals surface area contributed by atoms with E-state index in [1.165, 1.54) is 11.1 Å². The van der Waals surface area contributed by atoms with Crippen molar-refractivity contribution in [2.24, 2.45) is 0 Å². The first-order chi connectivity index (χ1) is 8.72. The van der Waals surface area contributed by atoms with Crippen LogP contribution >= 0.6 is 11.8 Å². The van der Waals surface area contributed by atoms with Gasteiger partial charge in [0.15, 0.2) is 0 Å². The Kier molecular flexibility index (Phi) is 4.49. The summed E-state index contributed by atoms with van der Waals surface area (Å²) in [6, 6.07) is 8.06. The maximum absolute atomic E-state index is 10.8. The molecule has 1 aromatic rings. The van der Waals surface area contributed by atoms with Gasteiger partial charge in [0.25, 0.3) is 0 Å². The Morgan fingerprint density at radius 3 is 2.94 bits per heavy atom. The van der Waals surface area contributed by atoms with Gasteiger partial charge in [0.05, 0.1) is 6.61 Å². The number of rotatable bonds is 5. The van der Waals surface area contributed by atoms with E-state index in [2.05, 4.69) is 17.4 Å². The molecule has 2 rings (SSSR count). The first-order valence-electron chi connectivity index (χ1n) is 5.98. The molecule has 0 saturated heterocycles. The number of thioether (sulfide) groups is 1. The molecule has 0 fully saturated rings. The first-order valence-corrected chi connectivity index (χ1v) is 7.13. The van der Waals surface area contributed by atoms with E-state index >= 15 is 0 Å². The highest BCUT2D eigenvalue weighted by molar-refractivity contribution is 7.99. The van der Waals surface area contributed by atoms with Gasteiger partial charge < -0.3 is 15.5 Å². The molecule has 0 radical (unpaired) electrons. The number of nitrogens with one attached hydrogen (secondary N) is 1. The molecule has 0 aromatic heterocycles. The van der Waals surface area contributed by atoms with Crippen molar-refractivity contribution in [3.05, 3.63) is 35.4 Å². The van der Waals surface area contributed by atoms with Gasteiger partial charge in [0.2, 0.25) is 0 Å². The highest BCUT2D eigenvalue weighted by Crippen LogP contribution is 2.35. The SMILES string of the molecule is O=C(O)N[C@@H]1Cc2ccccc2[C@@H]1CSCCO. The van der Waals surface area contributed by atoms with Crippen LogP contribution in [0.1, 0.15) is 17.0 Å². The van der Waals surface area contributed by atoms with Gasteiger partial charge in [0, 0.05) is 23.5 Å². The third kappa shape index (κ3) is 2.97. The molecule has 0 heterocycles. The van der Waals surface area contributed by atoms with E-state index in [1.54, 1.807) is 11.8 Å². The lowest BCUT2D eigenvalue weighted by molar-refractivity contribution is 0.189. The number of hydrogen-bond acceptors (Lipinski definition) is 3. The third-order valence-corrected chi connectivity index (χ3v) is 4.29. The number of fused-ring (bicyclic) bond motifs is 1. The van der Waals surface area contributed by atoms with Crippen LogP contribution in [0.5, 0.6) is 0 Å². The molecule has 18 heavy (non-hydrogen) atoms. The van der Waals surface area contributed by atoms with Crippen molar-refractivity contribution < 1.29 is 15.0 Å². The second-order valence-electron chi connectivity index (χ2n) is 4.36. The van der Waals surface area contributed by atoms with Crippen molar-refractivity contribution in [2.45, 2.75) is 18.4 Å². The van der Waals surface area contributed by atoms with Gasteiger partial charge in [-0.15, -0.1) is 0 Å². The molecule has 98 valence electrons. The summed E-state index contributed by atoms with van der Waals surface area (Å²) in [5.41, 5.74) is 2.47. The van der Waals surface area contributed by atoms with Gasteiger partial charge in [0.1, 0.15) is 0 Å². The van der Waals surface area contributed by atoms with Crippen LogP contribution in [0.25, 0.3) is 0 Å². The topological polar surface area (TPSA) is 69.6 Å². The van der Waals surface area contributed by atoms with Crippen LogP contribution in [0.15, 0.2) is 24.3 Å². The average Bonchev–Trinajstić information content (AvgIpc) is 2.67. The zero-order valence-electron chi connectivity index (χ0n) is 10.0. The van der Waals surface area contributed by atoms with E-state index in [0.717, 1.165) is 12.2 Å². The van der Waals surface area contributed by atoms with Crippen molar-refractivity contribution in [1.82, 2.24) is 5.32 Å². The summed E-state index contributed by atoms with van der Waals surface area (Å²) in [7, 11) is 0. The minimum atomic E-state index is -0.968. The lowest BCUT2D eigenvalue weighted by atomic mass is 10.0. The van der Waals surface area contributed by atoms with Crippen LogP contribution in [0, 0.1) is 0 Å². The van der Waals surface area contributed by atoms with E-state index in [-0.39, 0.29) is 18.6 Å². The van der Waals surface area contributed by atoms with Crippen LogP contribution in [0.3, 0.4) is 0 Å². The fourth-order valence-electron chi connectivity index (χ4n) is 2.47. The Balaban J connectivity index is 2.10. The molecule has 0 bridgehead atoms. The molecule has 0 aliphatic heterocycles. The van der Waals surface area contributed by atoms with E-state index in [1.807, 2.05) is 12.1 Å². The summed E-state index contributed by atoms with van der Waals surface area (Å²) in [5, 5.41) is 20.3. The van der Waals surface area contributed by atoms with Gasteiger partial charge in [-0.25, -0.2) is 4.79 Å². The quantitative estimate of drug-likeness (QED) is 0.710. The van der Waals surface area contributed by atoms with E-state index < -0.39 is 6.09 Å². The van der Waals surface area contributed by atoms with E-state index in [4.69, 9.17) is 10.2 Å². The molecule has 2 atom stereocenters. The van der Waals surface area contributed by atoms with Gasteiger partial charge in [-0.2, -0.15) is 11.8 Å². The lowest BCUT2D eigenvalue weighted by Crippen LogP contribution is -2.37. The summed E-state index contributed by atoms with van der Waals surface area (Å²) in [6.07, 6.45) is -0.211. The Morgan fingerprint density at radius 2 is 2.22 bits per heavy atom. The van der Waals surface area contributed by atoms with Crippen LogP contribution in [0.2, 0.25) is 0 Å². The Labute approximate surface area is 110 Å². The maximum Gasteiger partial charge on any atom is 0.404 e. The van der Waals surface area contributed by atoms with Crippen LogP contribution in [-0.4, -0.2) is 40.5 Å². The molecule has 1 aliphatic rings. The minimum Gasteiger partial charge on any atom is -0.465 e. The zero-order chi connectivity index (χ0) is 13.0. The number of amides is 1. The largest absolute Gasteiger partial charge is 0.465 e. The Bertz CT molecular complexity index is 424. The van der Waals surface area contributed by atoms with E-state index in [0.29, 0.717) is 5.75 Å². The van der Waals surface area contributed by atoms with E-state index in [9.17, 15) is 4.79 Å². The summed E-state index contributed by atoms with van der Waals surface area (Å²) in [5.74, 6) is 1.73. The highest BCUT2D eigenvalue weighted by Gasteiger charge is 2.32. The third-order valence-electron chi connectivity index (χ3n) is 3.22. The number of hydrogen-bond donors (Lipinski definition) is 3. The molecule has 1 aromatic carbocycles. The predicted octanol–water partition coefficient (Wildman–Crippen LogP) is 1.69. The molecule has 3 N–H and O–H groups in total. The van der Waals surface area contributed by atoms with Crippen LogP contribution in [-0.2, 0) is 6.42 Å². The Morgan fingerprint density at radius 1 is 1.44 bits per heavy atom. The zero-order valence-corrected chi connectivity index (χ0v) is 10.8. The second kappa shape index (κ2) is 6.11. The summed E-state index contributed by atoms with van der Waals surface area (Å²) < 4.78 is 0. The fourth-order valence-corrected chi connectivity index (χ4v) is 3.43. The second-order valence-corrected chi connectivity index (χ2v) is 5.51. The van der Waals surface area contributed by atoms with Crippen LogP contribution in [0.4, 0.5) is 4.79 Å². The average molecular weight is 267 g/mol. The number of carboxylic acid groups (broad SMARTS) is 1. The van der Waals surface area contributed by atoms with Gasteiger partial charge >= 0.3 is 6.09 Å². The normalized spacial score (nSPS) is 21.6. The molecular formula is C13H17NO3S. The monoisotopic (exact) mass is 267 g/mol. The van der Waals surface area contributed by atoms with Crippen molar-refractivity contribution >= 4 is 17.9 Å². The standard InChI is InChI=1S/C13H17NO3S/c15-5-6-18-8-11-10-4-2-1-3-9(10)7-12(11)14-13(16)17/h1-4,11-12,14-15H,5-8H2,(H,16,17)/t11-,12+/m0/s1. The van der Waals surface area contributed by atoms with Crippen molar-refractivity contribution in [3.8, 4) is 0 Å². The fraction of sp³-hybridized carbons (Fsp3) is 0.462. The van der Waals surface area contributed by atoms with Gasteiger partial charge in [-0.05, 0) is 17.5 Å². The molecular weight excluding hydrogens is 250 g/mol. The predicted molar refractivity (Wildman–Crippen MR) is 72.2 cm³/mol. The van der Waals surface area contributed by atoms with Crippen molar-refractivity contribution in [3.63, 3.8) is 0 Å². The number of benzene rings is 1.